The van der Waals surface area contributed by atoms with Gasteiger partial charge in [0.15, 0.2) is 0 Å². The normalized spacial score (nSPS) is 27.0. The Balaban J connectivity index is 2.04. The maximum Gasteiger partial charge on any atom is 0.339 e. The summed E-state index contributed by atoms with van der Waals surface area (Å²) in [4.78, 5) is 12.1. The lowest BCUT2D eigenvalue weighted by molar-refractivity contribution is -0.0855. The Hall–Kier alpha value is -1.26. The maximum atomic E-state index is 12.1. The molecule has 1 aliphatic heterocycles. The van der Waals surface area contributed by atoms with Gasteiger partial charge >= 0.3 is 5.97 Å². The van der Waals surface area contributed by atoms with E-state index in [1.165, 1.54) is 0 Å². The number of esters is 1. The number of ether oxygens (including phenoxy) is 2. The Morgan fingerprint density at radius 2 is 2.00 bits per heavy atom. The topological polar surface area (TPSA) is 61.5 Å². The van der Waals surface area contributed by atoms with Gasteiger partial charge in [-0.2, -0.15) is 0 Å². The average Bonchev–Trinajstić information content (AvgIpc) is 2.26. The number of anilines is 1. The van der Waals surface area contributed by atoms with Gasteiger partial charge in [-0.15, -0.1) is 0 Å². The first-order valence-electron chi connectivity index (χ1n) is 6.37. The van der Waals surface area contributed by atoms with Crippen LogP contribution in [0, 0.1) is 0 Å². The highest BCUT2D eigenvalue weighted by Gasteiger charge is 2.28. The first-order valence-corrected chi connectivity index (χ1v) is 6.75. The number of nitrogen functional groups attached to an aromatic ring is 1. The largest absolute Gasteiger partial charge is 0.459 e. The fourth-order valence-corrected chi connectivity index (χ4v) is 2.62. The van der Waals surface area contributed by atoms with Crippen LogP contribution in [0.4, 0.5) is 5.69 Å². The molecule has 1 saturated heterocycles. The Kier molecular flexibility index (Phi) is 4.32. The van der Waals surface area contributed by atoms with Crippen molar-refractivity contribution in [1.29, 1.82) is 0 Å². The molecule has 4 nitrogen and oxygen atoms in total. The minimum absolute atomic E-state index is 0.100. The molecule has 0 saturated carbocycles. The van der Waals surface area contributed by atoms with Crippen molar-refractivity contribution in [3.8, 4) is 0 Å². The van der Waals surface area contributed by atoms with Gasteiger partial charge in [-0.05, 0) is 32.0 Å². The van der Waals surface area contributed by atoms with E-state index in [1.807, 2.05) is 13.8 Å². The zero-order valence-electron chi connectivity index (χ0n) is 11.1. The SMILES string of the molecule is CC1CC(OC(=O)c2ccc(N)cc2Cl)CC(C)O1. The molecule has 1 aromatic carbocycles. The van der Waals surface area contributed by atoms with Crippen molar-refractivity contribution in [2.45, 2.75) is 45.0 Å². The molecule has 2 unspecified atom stereocenters. The molecule has 0 aromatic heterocycles. The van der Waals surface area contributed by atoms with Crippen LogP contribution in [-0.4, -0.2) is 24.3 Å². The van der Waals surface area contributed by atoms with Gasteiger partial charge in [0, 0.05) is 18.5 Å². The number of benzene rings is 1. The van der Waals surface area contributed by atoms with Crippen LogP contribution in [-0.2, 0) is 9.47 Å². The van der Waals surface area contributed by atoms with Crippen LogP contribution in [0.15, 0.2) is 18.2 Å². The lowest BCUT2D eigenvalue weighted by Crippen LogP contribution is -2.35. The molecule has 1 heterocycles. The summed E-state index contributed by atoms with van der Waals surface area (Å²) in [5.41, 5.74) is 6.47. The van der Waals surface area contributed by atoms with E-state index in [0.29, 0.717) is 29.1 Å². The lowest BCUT2D eigenvalue weighted by atomic mass is 10.0. The summed E-state index contributed by atoms with van der Waals surface area (Å²) < 4.78 is 11.1. The second-order valence-electron chi connectivity index (χ2n) is 5.00. The highest BCUT2D eigenvalue weighted by atomic mass is 35.5. The van der Waals surface area contributed by atoms with Gasteiger partial charge in [0.2, 0.25) is 0 Å². The fourth-order valence-electron chi connectivity index (χ4n) is 2.35. The zero-order valence-corrected chi connectivity index (χ0v) is 11.8. The standard InChI is InChI=1S/C14H18ClNO3/c1-8-5-11(6-9(2)18-8)19-14(17)12-4-3-10(16)7-13(12)15/h3-4,7-9,11H,5-6,16H2,1-2H3. The Labute approximate surface area is 117 Å². The summed E-state index contributed by atoms with van der Waals surface area (Å²) >= 11 is 5.99. The van der Waals surface area contributed by atoms with E-state index >= 15 is 0 Å². The van der Waals surface area contributed by atoms with Gasteiger partial charge < -0.3 is 15.2 Å². The second kappa shape index (κ2) is 5.80. The minimum atomic E-state index is -0.406. The first kappa shape index (κ1) is 14.2. The monoisotopic (exact) mass is 283 g/mol. The molecule has 2 atom stereocenters. The van der Waals surface area contributed by atoms with E-state index in [2.05, 4.69) is 0 Å². The van der Waals surface area contributed by atoms with E-state index in [9.17, 15) is 4.79 Å². The molecular weight excluding hydrogens is 266 g/mol. The van der Waals surface area contributed by atoms with Crippen LogP contribution >= 0.6 is 11.6 Å². The van der Waals surface area contributed by atoms with Crippen molar-refractivity contribution in [3.05, 3.63) is 28.8 Å². The Morgan fingerprint density at radius 1 is 1.37 bits per heavy atom. The number of rotatable bonds is 2. The summed E-state index contributed by atoms with van der Waals surface area (Å²) in [7, 11) is 0. The third-order valence-electron chi connectivity index (χ3n) is 3.14. The summed E-state index contributed by atoms with van der Waals surface area (Å²) in [6.45, 7) is 3.96. The van der Waals surface area contributed by atoms with Gasteiger partial charge in [-0.3, -0.25) is 0 Å². The van der Waals surface area contributed by atoms with E-state index in [4.69, 9.17) is 26.8 Å². The summed E-state index contributed by atoms with van der Waals surface area (Å²) in [6.07, 6.45) is 1.50. The summed E-state index contributed by atoms with van der Waals surface area (Å²) in [5.74, 6) is -0.406. The molecule has 104 valence electrons. The first-order chi connectivity index (χ1) is 8.95. The lowest BCUT2D eigenvalue weighted by Gasteiger charge is -2.31. The highest BCUT2D eigenvalue weighted by Crippen LogP contribution is 2.25. The molecule has 5 heteroatoms. The smallest absolute Gasteiger partial charge is 0.339 e. The van der Waals surface area contributed by atoms with E-state index < -0.39 is 5.97 Å². The number of halogens is 1. The van der Waals surface area contributed by atoms with Gasteiger partial charge in [0.1, 0.15) is 6.10 Å². The van der Waals surface area contributed by atoms with E-state index in [1.54, 1.807) is 18.2 Å². The second-order valence-corrected chi connectivity index (χ2v) is 5.40. The van der Waals surface area contributed by atoms with Crippen LogP contribution in [0.25, 0.3) is 0 Å². The number of nitrogens with two attached hydrogens (primary N) is 1. The van der Waals surface area contributed by atoms with Crippen molar-refractivity contribution < 1.29 is 14.3 Å². The van der Waals surface area contributed by atoms with E-state index in [-0.39, 0.29) is 18.3 Å². The fraction of sp³-hybridized carbons (Fsp3) is 0.500. The summed E-state index contributed by atoms with van der Waals surface area (Å²) in [6, 6.07) is 4.78. The number of hydrogen-bond donors (Lipinski definition) is 1. The highest BCUT2D eigenvalue weighted by molar-refractivity contribution is 6.33. The predicted molar refractivity (Wildman–Crippen MR) is 74.3 cm³/mol. The molecule has 1 aliphatic rings. The van der Waals surface area contributed by atoms with Gasteiger partial charge in [0.25, 0.3) is 0 Å². The molecule has 0 spiro atoms. The molecule has 2 N–H and O–H groups in total. The Morgan fingerprint density at radius 3 is 2.58 bits per heavy atom. The van der Waals surface area contributed by atoms with Crippen molar-refractivity contribution in [2.75, 3.05) is 5.73 Å². The number of carbonyl (C=O) groups excluding carboxylic acids is 1. The van der Waals surface area contributed by atoms with Crippen molar-refractivity contribution in [1.82, 2.24) is 0 Å². The molecule has 2 rings (SSSR count). The number of carbonyl (C=O) groups is 1. The Bertz CT molecular complexity index is 468. The van der Waals surface area contributed by atoms with E-state index in [0.717, 1.165) is 0 Å². The molecule has 0 amide bonds. The minimum Gasteiger partial charge on any atom is -0.459 e. The van der Waals surface area contributed by atoms with Gasteiger partial charge in [-0.25, -0.2) is 4.79 Å². The molecule has 0 aliphatic carbocycles. The molecular formula is C14H18ClNO3. The third kappa shape index (κ3) is 3.61. The van der Waals surface area contributed by atoms with Crippen molar-refractivity contribution in [2.24, 2.45) is 0 Å². The summed E-state index contributed by atoms with van der Waals surface area (Å²) in [5, 5.41) is 0.318. The van der Waals surface area contributed by atoms with Gasteiger partial charge in [-0.1, -0.05) is 11.6 Å². The average molecular weight is 284 g/mol. The van der Waals surface area contributed by atoms with Crippen molar-refractivity contribution >= 4 is 23.3 Å². The molecule has 0 radical (unpaired) electrons. The van der Waals surface area contributed by atoms with Crippen LogP contribution in [0.5, 0.6) is 0 Å². The third-order valence-corrected chi connectivity index (χ3v) is 3.45. The maximum absolute atomic E-state index is 12.1. The van der Waals surface area contributed by atoms with Crippen molar-refractivity contribution in [3.63, 3.8) is 0 Å². The molecule has 19 heavy (non-hydrogen) atoms. The molecule has 0 bridgehead atoms. The van der Waals surface area contributed by atoms with Crippen LogP contribution in [0.3, 0.4) is 0 Å². The molecule has 1 aromatic rings. The number of hydrogen-bond acceptors (Lipinski definition) is 4. The van der Waals surface area contributed by atoms with Crippen LogP contribution in [0.2, 0.25) is 5.02 Å². The predicted octanol–water partition coefficient (Wildman–Crippen LogP) is 3.04. The quantitative estimate of drug-likeness (QED) is 0.669. The van der Waals surface area contributed by atoms with Crippen LogP contribution < -0.4 is 5.73 Å². The zero-order chi connectivity index (χ0) is 14.0. The van der Waals surface area contributed by atoms with Crippen LogP contribution in [0.1, 0.15) is 37.0 Å². The van der Waals surface area contributed by atoms with Gasteiger partial charge in [0.05, 0.1) is 22.8 Å². The molecule has 1 fully saturated rings.